The fraction of sp³-hybridized carbons (Fsp3) is 0.600. The molecule has 1 saturated heterocycles. The average molecular weight is 347 g/mol. The van der Waals surface area contributed by atoms with Crippen molar-refractivity contribution in [3.05, 3.63) is 33.8 Å². The lowest BCUT2D eigenvalue weighted by Gasteiger charge is -2.32. The number of likely N-dealkylation sites (tertiary alicyclic amines) is 1. The van der Waals surface area contributed by atoms with Crippen LogP contribution in [0.3, 0.4) is 0 Å². The van der Waals surface area contributed by atoms with Crippen molar-refractivity contribution in [1.29, 1.82) is 0 Å². The molecule has 2 nitrogen and oxygen atoms in total. The molecule has 1 fully saturated rings. The van der Waals surface area contributed by atoms with E-state index in [1.807, 2.05) is 0 Å². The zero-order valence-electron chi connectivity index (χ0n) is 11.8. The molecule has 0 aliphatic carbocycles. The normalized spacial score (nSPS) is 17.6. The van der Waals surface area contributed by atoms with E-state index in [0.717, 1.165) is 39.0 Å². The molecule has 1 aromatic rings. The van der Waals surface area contributed by atoms with Gasteiger partial charge in [0.1, 0.15) is 11.6 Å². The van der Waals surface area contributed by atoms with Gasteiger partial charge in [0.15, 0.2) is 0 Å². The van der Waals surface area contributed by atoms with Crippen molar-refractivity contribution < 1.29 is 8.78 Å². The quantitative estimate of drug-likeness (QED) is 0.820. The molecule has 0 amide bonds. The van der Waals surface area contributed by atoms with Crippen molar-refractivity contribution in [2.24, 2.45) is 5.92 Å². The SMILES string of the molecule is CCNCC1CCN(Cc2c(F)ccc(Br)c2F)CC1. The van der Waals surface area contributed by atoms with Gasteiger partial charge in [-0.15, -0.1) is 0 Å². The van der Waals surface area contributed by atoms with Crippen LogP contribution in [0.25, 0.3) is 0 Å². The Morgan fingerprint density at radius 3 is 2.65 bits per heavy atom. The van der Waals surface area contributed by atoms with Gasteiger partial charge in [-0.25, -0.2) is 8.78 Å². The Hall–Kier alpha value is -0.520. The Bertz CT molecular complexity index is 446. The van der Waals surface area contributed by atoms with E-state index in [0.29, 0.717) is 16.9 Å². The molecular weight excluding hydrogens is 326 g/mol. The van der Waals surface area contributed by atoms with E-state index in [-0.39, 0.29) is 5.56 Å². The van der Waals surface area contributed by atoms with Crippen LogP contribution in [0.1, 0.15) is 25.3 Å². The first kappa shape index (κ1) is 15.9. The highest BCUT2D eigenvalue weighted by molar-refractivity contribution is 9.10. The highest BCUT2D eigenvalue weighted by Crippen LogP contribution is 2.25. The lowest BCUT2D eigenvalue weighted by atomic mass is 9.96. The average Bonchev–Trinajstić information content (AvgIpc) is 2.47. The van der Waals surface area contributed by atoms with Crippen molar-refractivity contribution in [1.82, 2.24) is 10.2 Å². The maximum Gasteiger partial charge on any atom is 0.144 e. The molecule has 5 heteroatoms. The van der Waals surface area contributed by atoms with Crippen LogP contribution < -0.4 is 5.32 Å². The molecule has 1 aliphatic rings. The summed E-state index contributed by atoms with van der Waals surface area (Å²) in [6, 6.07) is 2.73. The van der Waals surface area contributed by atoms with E-state index in [1.54, 1.807) is 0 Å². The van der Waals surface area contributed by atoms with Gasteiger partial charge in [0.05, 0.1) is 4.47 Å². The number of hydrogen-bond donors (Lipinski definition) is 1. The molecule has 1 aliphatic heterocycles. The first-order valence-electron chi connectivity index (χ1n) is 7.17. The van der Waals surface area contributed by atoms with Crippen LogP contribution >= 0.6 is 15.9 Å². The smallest absolute Gasteiger partial charge is 0.144 e. The molecule has 1 heterocycles. The summed E-state index contributed by atoms with van der Waals surface area (Å²) in [6.07, 6.45) is 2.18. The van der Waals surface area contributed by atoms with Crippen LogP contribution in [0.15, 0.2) is 16.6 Å². The van der Waals surface area contributed by atoms with E-state index in [1.165, 1.54) is 12.1 Å². The topological polar surface area (TPSA) is 15.3 Å². The zero-order valence-corrected chi connectivity index (χ0v) is 13.3. The highest BCUT2D eigenvalue weighted by Gasteiger charge is 2.21. The molecule has 1 N–H and O–H groups in total. The van der Waals surface area contributed by atoms with Crippen molar-refractivity contribution in [3.8, 4) is 0 Å². The van der Waals surface area contributed by atoms with Gasteiger partial charge in [0.2, 0.25) is 0 Å². The van der Waals surface area contributed by atoms with Gasteiger partial charge >= 0.3 is 0 Å². The Labute approximate surface area is 127 Å². The molecule has 0 atom stereocenters. The third-order valence-corrected chi connectivity index (χ3v) is 4.52. The summed E-state index contributed by atoms with van der Waals surface area (Å²) < 4.78 is 28.0. The number of nitrogens with zero attached hydrogens (tertiary/aromatic N) is 1. The summed E-state index contributed by atoms with van der Waals surface area (Å²) in [5, 5.41) is 3.36. The summed E-state index contributed by atoms with van der Waals surface area (Å²) >= 11 is 3.11. The predicted molar refractivity (Wildman–Crippen MR) is 80.6 cm³/mol. The van der Waals surface area contributed by atoms with Crippen LogP contribution in [-0.4, -0.2) is 31.1 Å². The molecule has 112 valence electrons. The second kappa shape index (κ2) is 7.48. The van der Waals surface area contributed by atoms with Gasteiger partial charge < -0.3 is 5.32 Å². The summed E-state index contributed by atoms with van der Waals surface area (Å²) in [4.78, 5) is 2.14. The Balaban J connectivity index is 1.91. The number of halogens is 3. The van der Waals surface area contributed by atoms with E-state index in [9.17, 15) is 8.78 Å². The number of rotatable bonds is 5. The first-order chi connectivity index (χ1) is 9.61. The van der Waals surface area contributed by atoms with Gasteiger partial charge in [-0.1, -0.05) is 6.92 Å². The Kier molecular flexibility index (Phi) is 5.93. The Morgan fingerprint density at radius 1 is 1.30 bits per heavy atom. The zero-order chi connectivity index (χ0) is 14.5. The summed E-state index contributed by atoms with van der Waals surface area (Å²) in [5.74, 6) is -0.247. The minimum absolute atomic E-state index is 0.171. The van der Waals surface area contributed by atoms with Crippen LogP contribution in [0.4, 0.5) is 8.78 Å². The minimum Gasteiger partial charge on any atom is -0.317 e. The molecule has 0 aromatic heterocycles. The standard InChI is InChI=1S/C15H21BrF2N2/c1-2-19-9-11-5-7-20(8-6-11)10-12-14(17)4-3-13(16)15(12)18/h3-4,11,19H,2,5-10H2,1H3. The number of piperidine rings is 1. The monoisotopic (exact) mass is 346 g/mol. The van der Waals surface area contributed by atoms with Crippen molar-refractivity contribution >= 4 is 15.9 Å². The van der Waals surface area contributed by atoms with Crippen molar-refractivity contribution in [3.63, 3.8) is 0 Å². The van der Waals surface area contributed by atoms with E-state index in [2.05, 4.69) is 33.1 Å². The molecule has 0 unspecified atom stereocenters. The second-order valence-electron chi connectivity index (χ2n) is 5.35. The van der Waals surface area contributed by atoms with Gasteiger partial charge in [-0.3, -0.25) is 4.90 Å². The minimum atomic E-state index is -0.472. The molecule has 0 bridgehead atoms. The molecule has 0 radical (unpaired) electrons. The van der Waals surface area contributed by atoms with E-state index in [4.69, 9.17) is 0 Å². The summed E-state index contributed by atoms with van der Waals surface area (Å²) in [6.45, 7) is 6.31. The number of nitrogens with one attached hydrogen (secondary N) is 1. The fourth-order valence-corrected chi connectivity index (χ4v) is 3.01. The second-order valence-corrected chi connectivity index (χ2v) is 6.20. The lowest BCUT2D eigenvalue weighted by molar-refractivity contribution is 0.172. The van der Waals surface area contributed by atoms with Crippen LogP contribution in [0.2, 0.25) is 0 Å². The van der Waals surface area contributed by atoms with Gasteiger partial charge in [-0.2, -0.15) is 0 Å². The number of benzene rings is 1. The summed E-state index contributed by atoms with van der Waals surface area (Å²) in [5.41, 5.74) is 0.171. The molecular formula is C15H21BrF2N2. The van der Waals surface area contributed by atoms with Gasteiger partial charge in [-0.05, 0) is 73.0 Å². The highest BCUT2D eigenvalue weighted by atomic mass is 79.9. The van der Waals surface area contributed by atoms with Gasteiger partial charge in [0, 0.05) is 12.1 Å². The lowest BCUT2D eigenvalue weighted by Crippen LogP contribution is -2.37. The summed E-state index contributed by atoms with van der Waals surface area (Å²) in [7, 11) is 0. The first-order valence-corrected chi connectivity index (χ1v) is 7.96. The third kappa shape index (κ3) is 3.99. The van der Waals surface area contributed by atoms with E-state index >= 15 is 0 Å². The van der Waals surface area contributed by atoms with Crippen LogP contribution in [0, 0.1) is 17.6 Å². The Morgan fingerprint density at radius 2 is 2.00 bits per heavy atom. The molecule has 2 rings (SSSR count). The van der Waals surface area contributed by atoms with Crippen LogP contribution in [-0.2, 0) is 6.54 Å². The number of hydrogen-bond acceptors (Lipinski definition) is 2. The maximum atomic E-state index is 13.9. The predicted octanol–water partition coefficient (Wildman–Crippen LogP) is 3.55. The fourth-order valence-electron chi connectivity index (χ4n) is 2.63. The van der Waals surface area contributed by atoms with E-state index < -0.39 is 11.6 Å². The van der Waals surface area contributed by atoms with Crippen LogP contribution in [0.5, 0.6) is 0 Å². The molecule has 0 saturated carbocycles. The molecule has 1 aromatic carbocycles. The van der Waals surface area contributed by atoms with Crippen molar-refractivity contribution in [2.45, 2.75) is 26.3 Å². The largest absolute Gasteiger partial charge is 0.317 e. The van der Waals surface area contributed by atoms with Crippen molar-refractivity contribution in [2.75, 3.05) is 26.2 Å². The van der Waals surface area contributed by atoms with Gasteiger partial charge in [0.25, 0.3) is 0 Å². The maximum absolute atomic E-state index is 13.9. The molecule has 20 heavy (non-hydrogen) atoms. The molecule has 0 spiro atoms. The third-order valence-electron chi connectivity index (χ3n) is 3.91.